The summed E-state index contributed by atoms with van der Waals surface area (Å²) in [6.07, 6.45) is 1.82. The first kappa shape index (κ1) is 27.9. The largest absolute Gasteiger partial charge is 0.492 e. The molecule has 0 bridgehead atoms. The van der Waals surface area contributed by atoms with Gasteiger partial charge in [-0.25, -0.2) is 4.79 Å². The van der Waals surface area contributed by atoms with Gasteiger partial charge in [0.05, 0.1) is 11.2 Å². The fourth-order valence-corrected chi connectivity index (χ4v) is 5.31. The van der Waals surface area contributed by atoms with E-state index in [0.717, 1.165) is 16.6 Å². The van der Waals surface area contributed by atoms with Crippen LogP contribution < -0.4 is 5.32 Å². The molecule has 206 valence electrons. The molecule has 3 aromatic carbocycles. The summed E-state index contributed by atoms with van der Waals surface area (Å²) in [7, 11) is -0.643. The molecule has 1 saturated heterocycles. The van der Waals surface area contributed by atoms with Gasteiger partial charge < -0.3 is 19.4 Å². The molecule has 1 amide bonds. The summed E-state index contributed by atoms with van der Waals surface area (Å²) < 4.78 is 18.4. The second-order valence-electron chi connectivity index (χ2n) is 11.6. The van der Waals surface area contributed by atoms with Gasteiger partial charge in [-0.15, -0.1) is 0 Å². The Bertz CT molecular complexity index is 1400. The van der Waals surface area contributed by atoms with Crippen LogP contribution in [0.15, 0.2) is 78.3 Å². The number of ketones is 1. The van der Waals surface area contributed by atoms with Gasteiger partial charge in [-0.1, -0.05) is 78.9 Å². The maximum absolute atomic E-state index is 12.9. The molecule has 0 saturated carbocycles. The van der Waals surface area contributed by atoms with Gasteiger partial charge in [-0.2, -0.15) is 0 Å². The summed E-state index contributed by atoms with van der Waals surface area (Å²) in [5, 5.41) is 2.91. The molecule has 7 heteroatoms. The summed E-state index contributed by atoms with van der Waals surface area (Å²) in [6.45, 7) is 9.99. The predicted octanol–water partition coefficient (Wildman–Crippen LogP) is 6.37. The van der Waals surface area contributed by atoms with Crippen molar-refractivity contribution in [1.82, 2.24) is 5.32 Å². The summed E-state index contributed by atoms with van der Waals surface area (Å²) in [6, 6.07) is 24.3. The second-order valence-corrected chi connectivity index (χ2v) is 11.6. The van der Waals surface area contributed by atoms with Crippen molar-refractivity contribution in [3.05, 3.63) is 101 Å². The van der Waals surface area contributed by atoms with Crippen molar-refractivity contribution >= 4 is 25.1 Å². The van der Waals surface area contributed by atoms with Crippen LogP contribution >= 0.6 is 0 Å². The zero-order chi connectivity index (χ0) is 28.5. The van der Waals surface area contributed by atoms with E-state index in [0.29, 0.717) is 6.42 Å². The zero-order valence-corrected chi connectivity index (χ0v) is 23.8. The quantitative estimate of drug-likeness (QED) is 0.338. The number of nitrogens with one attached hydrogen (secondary N) is 1. The summed E-state index contributed by atoms with van der Waals surface area (Å²) in [5.74, 6) is 0.0875. The van der Waals surface area contributed by atoms with Gasteiger partial charge in [0.2, 0.25) is 0 Å². The zero-order valence-electron chi connectivity index (χ0n) is 23.8. The topological polar surface area (TPSA) is 73.9 Å². The summed E-state index contributed by atoms with van der Waals surface area (Å²) in [4.78, 5) is 24.6. The monoisotopic (exact) mass is 537 g/mol. The van der Waals surface area contributed by atoms with E-state index in [2.05, 4.69) is 29.6 Å². The lowest BCUT2D eigenvalue weighted by atomic mass is 9.77. The van der Waals surface area contributed by atoms with Crippen molar-refractivity contribution in [3.63, 3.8) is 0 Å². The minimum atomic E-state index is -0.643. The fraction of sp³-hybridized carbons (Fsp3) is 0.333. The number of carbonyl (C=O) groups excluding carboxylic acids is 2. The Morgan fingerprint density at radius 3 is 2.10 bits per heavy atom. The Morgan fingerprint density at radius 1 is 0.900 bits per heavy atom. The molecule has 3 aromatic rings. The number of rotatable bonds is 8. The van der Waals surface area contributed by atoms with Gasteiger partial charge >= 0.3 is 13.2 Å². The van der Waals surface area contributed by atoms with E-state index in [1.165, 1.54) is 22.3 Å². The Morgan fingerprint density at radius 2 is 1.50 bits per heavy atom. The normalized spacial score (nSPS) is 17.3. The predicted molar refractivity (Wildman–Crippen MR) is 158 cm³/mol. The van der Waals surface area contributed by atoms with Crippen LogP contribution in [0.4, 0.5) is 4.79 Å². The van der Waals surface area contributed by atoms with Crippen molar-refractivity contribution < 1.29 is 23.6 Å². The van der Waals surface area contributed by atoms with Gasteiger partial charge in [0.15, 0.2) is 0 Å². The highest BCUT2D eigenvalue weighted by atomic mass is 16.7. The van der Waals surface area contributed by atoms with E-state index in [9.17, 15) is 9.59 Å². The van der Waals surface area contributed by atoms with Gasteiger partial charge in [0.25, 0.3) is 0 Å². The molecule has 1 aliphatic carbocycles. The average Bonchev–Trinajstić information content (AvgIpc) is 3.34. The Balaban J connectivity index is 1.31. The highest BCUT2D eigenvalue weighted by Crippen LogP contribution is 2.44. The maximum atomic E-state index is 12.9. The lowest BCUT2D eigenvalue weighted by Crippen LogP contribution is -2.41. The van der Waals surface area contributed by atoms with Crippen LogP contribution in [0.25, 0.3) is 17.2 Å². The molecule has 0 aromatic heterocycles. The van der Waals surface area contributed by atoms with Crippen molar-refractivity contribution in [3.8, 4) is 11.1 Å². The third kappa shape index (κ3) is 5.76. The molecule has 0 unspecified atom stereocenters. The number of carbonyl (C=O) groups is 2. The number of hydrogen-bond donors (Lipinski definition) is 1. The number of benzene rings is 3. The fourth-order valence-electron chi connectivity index (χ4n) is 5.31. The van der Waals surface area contributed by atoms with E-state index < -0.39 is 24.4 Å². The first-order valence-corrected chi connectivity index (χ1v) is 13.8. The number of hydrogen-bond acceptors (Lipinski definition) is 5. The van der Waals surface area contributed by atoms with Crippen LogP contribution in [0.2, 0.25) is 0 Å². The highest BCUT2D eigenvalue weighted by Gasteiger charge is 2.52. The molecule has 40 heavy (non-hydrogen) atoms. The molecule has 1 aliphatic heterocycles. The van der Waals surface area contributed by atoms with Crippen molar-refractivity contribution in [2.45, 2.75) is 58.2 Å². The third-order valence-corrected chi connectivity index (χ3v) is 8.09. The van der Waals surface area contributed by atoms with Crippen molar-refractivity contribution in [2.24, 2.45) is 0 Å². The number of fused-ring (bicyclic) bond motifs is 3. The number of alkyl carbamates (subject to hydrolysis) is 1. The van der Waals surface area contributed by atoms with Crippen molar-refractivity contribution in [1.29, 1.82) is 0 Å². The molecule has 1 N–H and O–H groups in total. The lowest BCUT2D eigenvalue weighted by molar-refractivity contribution is -0.116. The molecule has 0 atom stereocenters. The van der Waals surface area contributed by atoms with Gasteiger partial charge in [0.1, 0.15) is 12.4 Å². The van der Waals surface area contributed by atoms with E-state index in [1.807, 2.05) is 82.3 Å². The molecule has 1 heterocycles. The smallest absolute Gasteiger partial charge is 0.449 e. The van der Waals surface area contributed by atoms with Gasteiger partial charge in [-0.3, -0.25) is 4.79 Å². The van der Waals surface area contributed by atoms with E-state index in [4.69, 9.17) is 14.0 Å². The molecule has 0 spiro atoms. The van der Waals surface area contributed by atoms with Crippen LogP contribution in [0.3, 0.4) is 0 Å². The third-order valence-electron chi connectivity index (χ3n) is 8.09. The number of Topliss-reactive ketones (excluding diaryl/α,β-unsaturated/α-hetero) is 1. The molecule has 6 nitrogen and oxygen atoms in total. The Hall–Kier alpha value is -3.68. The number of ether oxygens (including phenoxy) is 1. The summed E-state index contributed by atoms with van der Waals surface area (Å²) >= 11 is 0. The summed E-state index contributed by atoms with van der Waals surface area (Å²) in [5.41, 5.74) is 6.23. The molecule has 2 aliphatic rings. The first-order valence-electron chi connectivity index (χ1n) is 13.8. The molecule has 0 radical (unpaired) electrons. The average molecular weight is 537 g/mol. The van der Waals surface area contributed by atoms with Gasteiger partial charge in [0, 0.05) is 18.9 Å². The highest BCUT2D eigenvalue weighted by molar-refractivity contribution is 6.56. The van der Waals surface area contributed by atoms with Crippen LogP contribution in [-0.4, -0.2) is 43.3 Å². The standard InChI is InChI=1S/C33H36BNO5/c1-22(36)17-23-11-10-12-24(18-23)19-25(34-39-32(2,3)33(4,5)40-34)20-35-31(37)38-21-30-28-15-8-6-13-26(28)27-14-7-9-16-29(27)30/h6-16,18-19,30H,17,20-21H2,1-5H3,(H,35,37). The maximum Gasteiger partial charge on any atom is 0.492 e. The van der Waals surface area contributed by atoms with Crippen molar-refractivity contribution in [2.75, 3.05) is 13.2 Å². The Labute approximate surface area is 236 Å². The molecular weight excluding hydrogens is 501 g/mol. The number of amides is 1. The lowest BCUT2D eigenvalue weighted by Gasteiger charge is -2.32. The van der Waals surface area contributed by atoms with Gasteiger partial charge in [-0.05, 0) is 73.5 Å². The second kappa shape index (κ2) is 11.1. The van der Waals surface area contributed by atoms with Crippen LogP contribution in [0.5, 0.6) is 0 Å². The first-order chi connectivity index (χ1) is 19.0. The molecular formula is C33H36BNO5. The SMILES string of the molecule is CC(=O)Cc1cccc(C=C(CNC(=O)OCC2c3ccccc3-c3ccccc32)B2OC(C)(C)C(C)(C)O2)c1. The Kier molecular flexibility index (Phi) is 7.71. The van der Waals surface area contributed by atoms with Crippen LogP contribution in [0, 0.1) is 0 Å². The minimum Gasteiger partial charge on any atom is -0.449 e. The van der Waals surface area contributed by atoms with Crippen LogP contribution in [-0.2, 0) is 25.3 Å². The molecule has 5 rings (SSSR count). The van der Waals surface area contributed by atoms with E-state index >= 15 is 0 Å². The molecule has 1 fully saturated rings. The van der Waals surface area contributed by atoms with E-state index in [1.54, 1.807) is 6.92 Å². The minimum absolute atomic E-state index is 0.0136. The van der Waals surface area contributed by atoms with E-state index in [-0.39, 0.29) is 24.9 Å². The van der Waals surface area contributed by atoms with Crippen LogP contribution in [0.1, 0.15) is 62.8 Å².